The quantitative estimate of drug-likeness (QED) is 0.628. The molecule has 0 aliphatic rings. The fourth-order valence-electron chi connectivity index (χ4n) is 2.05. The van der Waals surface area contributed by atoms with Crippen LogP contribution >= 0.6 is 0 Å². The minimum atomic E-state index is -0.360. The second-order valence-corrected chi connectivity index (χ2v) is 4.91. The first-order valence-corrected chi connectivity index (χ1v) is 6.32. The number of aryl methyl sites for hydroxylation is 1. The summed E-state index contributed by atoms with van der Waals surface area (Å²) < 4.78 is 0. The van der Waals surface area contributed by atoms with Gasteiger partial charge in [0.1, 0.15) is 0 Å². The molecule has 0 bridgehead atoms. The third-order valence-corrected chi connectivity index (χ3v) is 3.23. The SMILES string of the molecule is Cc1cnc(CN(CCO)C(C)C)c(C)c1[N+](=O)[O-]. The van der Waals surface area contributed by atoms with E-state index < -0.39 is 0 Å². The van der Waals surface area contributed by atoms with Gasteiger partial charge >= 0.3 is 0 Å². The molecule has 1 rings (SSSR count). The van der Waals surface area contributed by atoms with E-state index in [4.69, 9.17) is 5.11 Å². The molecule has 6 nitrogen and oxygen atoms in total. The zero-order chi connectivity index (χ0) is 14.6. The molecule has 0 aliphatic heterocycles. The zero-order valence-electron chi connectivity index (χ0n) is 11.9. The minimum absolute atomic E-state index is 0.0607. The molecule has 0 unspecified atom stereocenters. The second-order valence-electron chi connectivity index (χ2n) is 4.91. The van der Waals surface area contributed by atoms with E-state index in [0.717, 1.165) is 0 Å². The van der Waals surface area contributed by atoms with Crippen LogP contribution in [-0.2, 0) is 6.54 Å². The number of aliphatic hydroxyl groups excluding tert-OH is 1. The van der Waals surface area contributed by atoms with E-state index >= 15 is 0 Å². The highest BCUT2D eigenvalue weighted by molar-refractivity contribution is 5.47. The number of rotatable bonds is 6. The first-order chi connectivity index (χ1) is 8.88. The number of nitro groups is 1. The smallest absolute Gasteiger partial charge is 0.278 e. The van der Waals surface area contributed by atoms with Crippen molar-refractivity contribution in [3.63, 3.8) is 0 Å². The zero-order valence-corrected chi connectivity index (χ0v) is 11.9. The highest BCUT2D eigenvalue weighted by Gasteiger charge is 2.20. The van der Waals surface area contributed by atoms with Crippen molar-refractivity contribution >= 4 is 5.69 Å². The molecular formula is C13H21N3O3. The van der Waals surface area contributed by atoms with Crippen molar-refractivity contribution in [3.8, 4) is 0 Å². The maximum atomic E-state index is 11.1. The molecule has 1 aromatic rings. The van der Waals surface area contributed by atoms with E-state index in [2.05, 4.69) is 4.98 Å². The van der Waals surface area contributed by atoms with E-state index in [9.17, 15) is 10.1 Å². The average Bonchev–Trinajstić information content (AvgIpc) is 2.31. The van der Waals surface area contributed by atoms with Gasteiger partial charge in [-0.2, -0.15) is 0 Å². The third kappa shape index (κ3) is 3.71. The Morgan fingerprint density at radius 3 is 2.58 bits per heavy atom. The Balaban J connectivity index is 3.08. The van der Waals surface area contributed by atoms with Gasteiger partial charge in [0.25, 0.3) is 5.69 Å². The maximum absolute atomic E-state index is 11.1. The Hall–Kier alpha value is -1.53. The lowest BCUT2D eigenvalue weighted by molar-refractivity contribution is -0.386. The molecule has 0 radical (unpaired) electrons. The van der Waals surface area contributed by atoms with Crippen LogP contribution in [0.15, 0.2) is 6.20 Å². The molecule has 0 spiro atoms. The molecule has 0 aromatic carbocycles. The van der Waals surface area contributed by atoms with Gasteiger partial charge in [-0.05, 0) is 27.7 Å². The van der Waals surface area contributed by atoms with Gasteiger partial charge in [0, 0.05) is 36.5 Å². The lowest BCUT2D eigenvalue weighted by atomic mass is 10.1. The van der Waals surface area contributed by atoms with Crippen LogP contribution in [0.2, 0.25) is 0 Å². The van der Waals surface area contributed by atoms with E-state index in [1.807, 2.05) is 18.7 Å². The Morgan fingerprint density at radius 1 is 1.47 bits per heavy atom. The van der Waals surface area contributed by atoms with Crippen molar-refractivity contribution < 1.29 is 10.0 Å². The van der Waals surface area contributed by atoms with Gasteiger partial charge in [-0.15, -0.1) is 0 Å². The molecule has 6 heteroatoms. The summed E-state index contributed by atoms with van der Waals surface area (Å²) in [5.74, 6) is 0. The van der Waals surface area contributed by atoms with Gasteiger partial charge in [-0.3, -0.25) is 20.0 Å². The highest BCUT2D eigenvalue weighted by Crippen LogP contribution is 2.25. The molecule has 19 heavy (non-hydrogen) atoms. The standard InChI is InChI=1S/C13H21N3O3/c1-9(2)15(5-6-17)8-12-11(4)13(16(18)19)10(3)7-14-12/h7,9,17H,5-6,8H2,1-4H3. The van der Waals surface area contributed by atoms with Crippen LogP contribution in [0.4, 0.5) is 5.69 Å². The third-order valence-electron chi connectivity index (χ3n) is 3.23. The number of aliphatic hydroxyl groups is 1. The predicted octanol–water partition coefficient (Wildman–Crippen LogP) is 1.81. The summed E-state index contributed by atoms with van der Waals surface area (Å²) in [5, 5.41) is 20.1. The fourth-order valence-corrected chi connectivity index (χ4v) is 2.05. The molecule has 1 aromatic heterocycles. The molecule has 0 aliphatic carbocycles. The molecule has 0 saturated heterocycles. The molecule has 0 fully saturated rings. The molecule has 1 heterocycles. The van der Waals surface area contributed by atoms with Crippen molar-refractivity contribution in [2.24, 2.45) is 0 Å². The van der Waals surface area contributed by atoms with Gasteiger partial charge in [0.2, 0.25) is 0 Å². The summed E-state index contributed by atoms with van der Waals surface area (Å²) in [6.07, 6.45) is 1.54. The lowest BCUT2D eigenvalue weighted by Crippen LogP contribution is -2.33. The van der Waals surface area contributed by atoms with Crippen LogP contribution in [-0.4, -0.2) is 39.1 Å². The lowest BCUT2D eigenvalue weighted by Gasteiger charge is -2.25. The van der Waals surface area contributed by atoms with Crippen molar-refractivity contribution in [1.82, 2.24) is 9.88 Å². The molecule has 0 atom stereocenters. The molecular weight excluding hydrogens is 246 g/mol. The van der Waals surface area contributed by atoms with E-state index in [1.54, 1.807) is 13.8 Å². The topological polar surface area (TPSA) is 79.5 Å². The Labute approximate surface area is 113 Å². The van der Waals surface area contributed by atoms with Gasteiger partial charge in [0.05, 0.1) is 17.2 Å². The highest BCUT2D eigenvalue weighted by atomic mass is 16.6. The predicted molar refractivity (Wildman–Crippen MR) is 73.0 cm³/mol. The van der Waals surface area contributed by atoms with Crippen LogP contribution in [0.5, 0.6) is 0 Å². The van der Waals surface area contributed by atoms with E-state index in [1.165, 1.54) is 6.20 Å². The Kier molecular flexibility index (Phi) is 5.38. The van der Waals surface area contributed by atoms with Gasteiger partial charge in [-0.1, -0.05) is 0 Å². The van der Waals surface area contributed by atoms with Gasteiger partial charge in [-0.25, -0.2) is 0 Å². The Morgan fingerprint density at radius 2 is 2.11 bits per heavy atom. The second kappa shape index (κ2) is 6.58. The average molecular weight is 267 g/mol. The van der Waals surface area contributed by atoms with E-state index in [-0.39, 0.29) is 23.3 Å². The molecule has 106 valence electrons. The summed E-state index contributed by atoms with van der Waals surface area (Å²) in [5.41, 5.74) is 2.01. The maximum Gasteiger partial charge on any atom is 0.278 e. The normalized spacial score (nSPS) is 11.3. The van der Waals surface area contributed by atoms with Gasteiger partial charge in [0.15, 0.2) is 0 Å². The largest absolute Gasteiger partial charge is 0.395 e. The van der Waals surface area contributed by atoms with Crippen molar-refractivity contribution in [2.75, 3.05) is 13.2 Å². The summed E-state index contributed by atoms with van der Waals surface area (Å²) >= 11 is 0. The number of nitrogens with zero attached hydrogens (tertiary/aromatic N) is 3. The summed E-state index contributed by atoms with van der Waals surface area (Å²) in [6.45, 7) is 8.55. The fraction of sp³-hybridized carbons (Fsp3) is 0.615. The first kappa shape index (κ1) is 15.5. The van der Waals surface area contributed by atoms with Crippen LogP contribution in [0, 0.1) is 24.0 Å². The minimum Gasteiger partial charge on any atom is -0.395 e. The van der Waals surface area contributed by atoms with Crippen LogP contribution in [0.1, 0.15) is 30.7 Å². The Bertz CT molecular complexity index is 461. The number of pyridine rings is 1. The summed E-state index contributed by atoms with van der Waals surface area (Å²) in [6, 6.07) is 0.244. The van der Waals surface area contributed by atoms with Crippen LogP contribution < -0.4 is 0 Å². The van der Waals surface area contributed by atoms with Crippen molar-refractivity contribution in [1.29, 1.82) is 0 Å². The monoisotopic (exact) mass is 267 g/mol. The number of hydrogen-bond donors (Lipinski definition) is 1. The van der Waals surface area contributed by atoms with Crippen LogP contribution in [0.3, 0.4) is 0 Å². The number of aromatic nitrogens is 1. The van der Waals surface area contributed by atoms with Crippen molar-refractivity contribution in [2.45, 2.75) is 40.3 Å². The first-order valence-electron chi connectivity index (χ1n) is 6.32. The molecule has 0 amide bonds. The number of hydrogen-bond acceptors (Lipinski definition) is 5. The summed E-state index contributed by atoms with van der Waals surface area (Å²) in [7, 11) is 0. The van der Waals surface area contributed by atoms with Gasteiger partial charge < -0.3 is 5.11 Å². The molecule has 1 N–H and O–H groups in total. The van der Waals surface area contributed by atoms with E-state index in [0.29, 0.717) is 29.9 Å². The van der Waals surface area contributed by atoms with Crippen molar-refractivity contribution in [3.05, 3.63) is 33.1 Å². The van der Waals surface area contributed by atoms with Crippen LogP contribution in [0.25, 0.3) is 0 Å². The molecule has 0 saturated carbocycles. The summed E-state index contributed by atoms with van der Waals surface area (Å²) in [4.78, 5) is 17.0.